The molecule has 3 heterocycles. The highest BCUT2D eigenvalue weighted by Gasteiger charge is 2.45. The van der Waals surface area contributed by atoms with E-state index < -0.39 is 6.09 Å². The molecule has 3 aromatic rings. The number of hydrogen-bond acceptors (Lipinski definition) is 6. The fraction of sp³-hybridized carbons (Fsp3) is 0.435. The van der Waals surface area contributed by atoms with Gasteiger partial charge in [-0.15, -0.1) is 0 Å². The van der Waals surface area contributed by atoms with Crippen molar-refractivity contribution in [1.29, 1.82) is 5.26 Å². The van der Waals surface area contributed by atoms with Crippen LogP contribution in [0.4, 0.5) is 10.5 Å². The summed E-state index contributed by atoms with van der Waals surface area (Å²) in [6.07, 6.45) is -0.493. The Morgan fingerprint density at radius 2 is 1.97 bits per heavy atom. The number of anilines is 1. The molecule has 1 amide bonds. The number of rotatable bonds is 3. The SMILES string of the molecule is Cc1ccc(C)n1-c1noc2c(N3CCC(OC(N)=O)[C@H]3C(C)(C)C)cc(C#N)cc12. The molecular formula is C23H27N5O3. The van der Waals surface area contributed by atoms with E-state index in [2.05, 4.69) is 36.9 Å². The first-order valence-corrected chi connectivity index (χ1v) is 10.3. The van der Waals surface area contributed by atoms with Gasteiger partial charge in [0, 0.05) is 24.4 Å². The van der Waals surface area contributed by atoms with Crippen LogP contribution in [0, 0.1) is 30.6 Å². The largest absolute Gasteiger partial charge is 0.444 e. The van der Waals surface area contributed by atoms with Crippen LogP contribution in [0.3, 0.4) is 0 Å². The van der Waals surface area contributed by atoms with Gasteiger partial charge in [-0.1, -0.05) is 25.9 Å². The van der Waals surface area contributed by atoms with Crippen molar-refractivity contribution >= 4 is 22.7 Å². The Bertz CT molecular complexity index is 1170. The summed E-state index contributed by atoms with van der Waals surface area (Å²) in [5.41, 5.74) is 9.06. The minimum Gasteiger partial charge on any atom is -0.444 e. The van der Waals surface area contributed by atoms with Gasteiger partial charge < -0.3 is 19.9 Å². The van der Waals surface area contributed by atoms with Gasteiger partial charge in [-0.25, -0.2) is 4.79 Å². The normalized spacial score (nSPS) is 19.0. The van der Waals surface area contributed by atoms with Gasteiger partial charge in [0.1, 0.15) is 6.10 Å². The predicted octanol–water partition coefficient (Wildman–Crippen LogP) is 4.20. The van der Waals surface area contributed by atoms with Gasteiger partial charge in [0.2, 0.25) is 0 Å². The molecule has 2 aromatic heterocycles. The van der Waals surface area contributed by atoms with Crippen LogP contribution >= 0.6 is 0 Å². The molecule has 2 atom stereocenters. The van der Waals surface area contributed by atoms with Gasteiger partial charge in [-0.3, -0.25) is 4.57 Å². The number of nitrogens with two attached hydrogens (primary N) is 1. The van der Waals surface area contributed by atoms with Crippen molar-refractivity contribution in [3.05, 3.63) is 41.2 Å². The summed E-state index contributed by atoms with van der Waals surface area (Å²) in [6, 6.07) is 9.79. The standard InChI is InChI=1S/C23H27N5O3/c1-13-6-7-14(2)28(13)21-16-10-15(12-24)11-17(19(16)31-26-21)27-9-8-18(30-22(25)29)20(27)23(3,4)5/h6-7,10-11,18,20H,8-9H2,1-5H3,(H2,25,29)/t18?,20-/m0/s1. The first-order chi connectivity index (χ1) is 14.6. The molecule has 4 rings (SSSR count). The van der Waals surface area contributed by atoms with Crippen LogP contribution in [-0.2, 0) is 4.74 Å². The van der Waals surface area contributed by atoms with Crippen molar-refractivity contribution in [2.75, 3.05) is 11.4 Å². The topological polar surface area (TPSA) is 110 Å². The molecule has 1 aromatic carbocycles. The Kier molecular flexibility index (Phi) is 4.92. The molecule has 0 bridgehead atoms. The highest BCUT2D eigenvalue weighted by atomic mass is 16.6. The molecule has 162 valence electrons. The molecule has 0 saturated carbocycles. The monoisotopic (exact) mass is 421 g/mol. The van der Waals surface area contributed by atoms with Gasteiger partial charge in [0.05, 0.1) is 28.7 Å². The van der Waals surface area contributed by atoms with E-state index in [1.807, 2.05) is 42.7 Å². The van der Waals surface area contributed by atoms with Crippen molar-refractivity contribution in [3.8, 4) is 11.9 Å². The summed E-state index contributed by atoms with van der Waals surface area (Å²) in [4.78, 5) is 13.6. The smallest absolute Gasteiger partial charge is 0.404 e. The second-order valence-corrected chi connectivity index (χ2v) is 9.21. The molecule has 1 aliphatic rings. The second-order valence-electron chi connectivity index (χ2n) is 9.21. The number of carbonyl (C=O) groups excluding carboxylic acids is 1. The molecule has 1 saturated heterocycles. The summed E-state index contributed by atoms with van der Waals surface area (Å²) in [5, 5.41) is 14.9. The van der Waals surface area contributed by atoms with Gasteiger partial charge in [-0.2, -0.15) is 5.26 Å². The first-order valence-electron chi connectivity index (χ1n) is 10.3. The number of aryl methyl sites for hydroxylation is 2. The fourth-order valence-corrected chi connectivity index (χ4v) is 4.79. The third-order valence-corrected chi connectivity index (χ3v) is 5.95. The summed E-state index contributed by atoms with van der Waals surface area (Å²) in [5.74, 6) is 0.657. The molecule has 31 heavy (non-hydrogen) atoms. The lowest BCUT2D eigenvalue weighted by molar-refractivity contribution is 0.0755. The zero-order chi connectivity index (χ0) is 22.5. The van der Waals surface area contributed by atoms with Crippen LogP contribution in [0.1, 0.15) is 44.1 Å². The van der Waals surface area contributed by atoms with Crippen LogP contribution in [0.15, 0.2) is 28.8 Å². The summed E-state index contributed by atoms with van der Waals surface area (Å²) in [6.45, 7) is 10.9. The van der Waals surface area contributed by atoms with Gasteiger partial charge in [0.25, 0.3) is 0 Å². The number of fused-ring (bicyclic) bond motifs is 1. The number of aromatic nitrogens is 2. The van der Waals surface area contributed by atoms with Crippen LogP contribution in [0.5, 0.6) is 0 Å². The van der Waals surface area contributed by atoms with Crippen molar-refractivity contribution in [2.24, 2.45) is 11.1 Å². The lowest BCUT2D eigenvalue weighted by atomic mass is 9.83. The van der Waals surface area contributed by atoms with Crippen LogP contribution in [-0.4, -0.2) is 34.5 Å². The molecule has 8 nitrogen and oxygen atoms in total. The quantitative estimate of drug-likeness (QED) is 0.679. The Labute approximate surface area is 181 Å². The van der Waals surface area contributed by atoms with E-state index in [4.69, 9.17) is 15.0 Å². The Hall–Kier alpha value is -3.47. The lowest BCUT2D eigenvalue weighted by Gasteiger charge is -2.38. The molecular weight excluding hydrogens is 394 g/mol. The van der Waals surface area contributed by atoms with E-state index in [-0.39, 0.29) is 17.6 Å². The first kappa shape index (κ1) is 20.8. The third kappa shape index (κ3) is 3.50. The number of carbonyl (C=O) groups is 1. The lowest BCUT2D eigenvalue weighted by Crippen LogP contribution is -2.47. The maximum Gasteiger partial charge on any atom is 0.404 e. The molecule has 1 unspecified atom stereocenters. The van der Waals surface area contributed by atoms with Crippen LogP contribution < -0.4 is 10.6 Å². The molecule has 1 fully saturated rings. The van der Waals surface area contributed by atoms with Crippen molar-refractivity contribution in [2.45, 2.75) is 53.2 Å². The number of primary amides is 1. The van der Waals surface area contributed by atoms with E-state index in [1.165, 1.54) is 0 Å². The van der Waals surface area contributed by atoms with Gasteiger partial charge in [0.15, 0.2) is 11.4 Å². The summed E-state index contributed by atoms with van der Waals surface area (Å²) < 4.78 is 13.3. The average Bonchev–Trinajstić information content (AvgIpc) is 3.37. The van der Waals surface area contributed by atoms with Crippen molar-refractivity contribution in [1.82, 2.24) is 9.72 Å². The minimum atomic E-state index is -0.780. The summed E-state index contributed by atoms with van der Waals surface area (Å²) >= 11 is 0. The molecule has 0 aliphatic carbocycles. The average molecular weight is 422 g/mol. The zero-order valence-electron chi connectivity index (χ0n) is 18.5. The van der Waals surface area contributed by atoms with Crippen LogP contribution in [0.2, 0.25) is 0 Å². The van der Waals surface area contributed by atoms with E-state index in [0.29, 0.717) is 29.9 Å². The van der Waals surface area contributed by atoms with Gasteiger partial charge >= 0.3 is 6.09 Å². The number of ether oxygens (including phenoxy) is 1. The minimum absolute atomic E-state index is 0.138. The Balaban J connectivity index is 1.90. The number of amides is 1. The summed E-state index contributed by atoms with van der Waals surface area (Å²) in [7, 11) is 0. The second kappa shape index (κ2) is 7.34. The highest BCUT2D eigenvalue weighted by molar-refractivity contribution is 5.95. The molecule has 8 heteroatoms. The van der Waals surface area contributed by atoms with E-state index in [1.54, 1.807) is 0 Å². The number of benzene rings is 1. The maximum absolute atomic E-state index is 11.5. The molecule has 0 spiro atoms. The Morgan fingerprint density at radius 1 is 1.29 bits per heavy atom. The van der Waals surface area contributed by atoms with Crippen molar-refractivity contribution < 1.29 is 14.1 Å². The predicted molar refractivity (Wildman–Crippen MR) is 117 cm³/mol. The zero-order valence-corrected chi connectivity index (χ0v) is 18.5. The molecule has 0 radical (unpaired) electrons. The van der Waals surface area contributed by atoms with E-state index in [9.17, 15) is 10.1 Å². The fourth-order valence-electron chi connectivity index (χ4n) is 4.79. The van der Waals surface area contributed by atoms with E-state index in [0.717, 1.165) is 22.5 Å². The number of nitriles is 1. The third-order valence-electron chi connectivity index (χ3n) is 5.95. The van der Waals surface area contributed by atoms with Gasteiger partial charge in [-0.05, 0) is 43.5 Å². The van der Waals surface area contributed by atoms with E-state index >= 15 is 0 Å². The molecule has 2 N–H and O–H groups in total. The highest BCUT2D eigenvalue weighted by Crippen LogP contribution is 2.42. The number of hydrogen-bond donors (Lipinski definition) is 1. The van der Waals surface area contributed by atoms with Crippen LogP contribution in [0.25, 0.3) is 16.8 Å². The van der Waals surface area contributed by atoms with Crippen molar-refractivity contribution in [3.63, 3.8) is 0 Å². The maximum atomic E-state index is 11.5. The number of nitrogens with zero attached hydrogens (tertiary/aromatic N) is 4. The Morgan fingerprint density at radius 3 is 2.55 bits per heavy atom. The molecule has 1 aliphatic heterocycles.